The molecule has 25 heavy (non-hydrogen) atoms. The van der Waals surface area contributed by atoms with Gasteiger partial charge in [0.25, 0.3) is 0 Å². The molecular formula is C21H22N2OS. The van der Waals surface area contributed by atoms with Gasteiger partial charge < -0.3 is 4.74 Å². The van der Waals surface area contributed by atoms with E-state index in [1.807, 2.05) is 44.2 Å². The summed E-state index contributed by atoms with van der Waals surface area (Å²) in [5.74, 6) is 0.856. The SMILES string of the molecule is Cc1cc(C)cc(COc2ccccc2Sc2nc(C)cc(C)n2)c1. The Morgan fingerprint density at radius 2 is 1.48 bits per heavy atom. The van der Waals surface area contributed by atoms with Crippen molar-refractivity contribution in [2.75, 3.05) is 0 Å². The summed E-state index contributed by atoms with van der Waals surface area (Å²) in [7, 11) is 0. The standard InChI is InChI=1S/C21H22N2OS/c1-14-9-15(2)11-18(10-14)13-24-19-7-5-6-8-20(19)25-21-22-16(3)12-17(4)23-21/h5-12H,13H2,1-4H3. The van der Waals surface area contributed by atoms with Gasteiger partial charge in [-0.15, -0.1) is 0 Å². The Balaban J connectivity index is 1.78. The summed E-state index contributed by atoms with van der Waals surface area (Å²) in [4.78, 5) is 10.0. The van der Waals surface area contributed by atoms with Crippen molar-refractivity contribution in [1.29, 1.82) is 0 Å². The van der Waals surface area contributed by atoms with Gasteiger partial charge in [0.15, 0.2) is 5.16 Å². The lowest BCUT2D eigenvalue weighted by molar-refractivity contribution is 0.298. The highest BCUT2D eigenvalue weighted by Gasteiger charge is 2.09. The normalized spacial score (nSPS) is 10.7. The Morgan fingerprint density at radius 1 is 0.840 bits per heavy atom. The molecule has 0 fully saturated rings. The number of aryl methyl sites for hydroxylation is 4. The fourth-order valence-corrected chi connectivity index (χ4v) is 3.75. The Labute approximate surface area is 153 Å². The summed E-state index contributed by atoms with van der Waals surface area (Å²) >= 11 is 1.54. The summed E-state index contributed by atoms with van der Waals surface area (Å²) in [5.41, 5.74) is 5.64. The minimum Gasteiger partial charge on any atom is -0.488 e. The van der Waals surface area contributed by atoms with Gasteiger partial charge in [-0.05, 0) is 63.2 Å². The highest BCUT2D eigenvalue weighted by Crippen LogP contribution is 2.33. The maximum Gasteiger partial charge on any atom is 0.193 e. The van der Waals surface area contributed by atoms with Crippen LogP contribution in [0.1, 0.15) is 28.1 Å². The van der Waals surface area contributed by atoms with Gasteiger partial charge >= 0.3 is 0 Å². The predicted octanol–water partition coefficient (Wildman–Crippen LogP) is 5.44. The average Bonchev–Trinajstić information content (AvgIpc) is 2.52. The van der Waals surface area contributed by atoms with Gasteiger partial charge in [0.05, 0.1) is 4.90 Å². The molecule has 0 bridgehead atoms. The number of rotatable bonds is 5. The Morgan fingerprint density at radius 3 is 2.16 bits per heavy atom. The van der Waals surface area contributed by atoms with Gasteiger partial charge in [-0.25, -0.2) is 9.97 Å². The lowest BCUT2D eigenvalue weighted by Gasteiger charge is -2.12. The molecule has 1 heterocycles. The summed E-state index contributed by atoms with van der Waals surface area (Å²) in [6.07, 6.45) is 0. The molecule has 0 saturated heterocycles. The van der Waals surface area contributed by atoms with Gasteiger partial charge in [0.2, 0.25) is 0 Å². The van der Waals surface area contributed by atoms with E-state index >= 15 is 0 Å². The number of hydrogen-bond donors (Lipinski definition) is 0. The summed E-state index contributed by atoms with van der Waals surface area (Å²) in [5, 5.41) is 0.750. The molecule has 0 radical (unpaired) electrons. The molecule has 0 amide bonds. The Hall–Kier alpha value is -2.33. The van der Waals surface area contributed by atoms with Crippen molar-refractivity contribution in [3.05, 3.63) is 76.6 Å². The van der Waals surface area contributed by atoms with Crippen LogP contribution in [-0.2, 0) is 6.61 Å². The van der Waals surface area contributed by atoms with Crippen LogP contribution < -0.4 is 4.74 Å². The fraction of sp³-hybridized carbons (Fsp3) is 0.238. The average molecular weight is 350 g/mol. The maximum absolute atomic E-state index is 6.09. The Kier molecular flexibility index (Phi) is 5.39. The van der Waals surface area contributed by atoms with Crippen LogP contribution in [0.2, 0.25) is 0 Å². The van der Waals surface area contributed by atoms with Gasteiger partial charge in [0.1, 0.15) is 12.4 Å². The minimum absolute atomic E-state index is 0.549. The molecule has 4 heteroatoms. The number of hydrogen-bond acceptors (Lipinski definition) is 4. The van der Waals surface area contributed by atoms with Crippen LogP contribution in [0.15, 0.2) is 58.6 Å². The summed E-state index contributed by atoms with van der Waals surface area (Å²) in [6, 6.07) is 16.5. The molecule has 0 aliphatic rings. The molecule has 0 aliphatic carbocycles. The minimum atomic E-state index is 0.549. The highest BCUT2D eigenvalue weighted by molar-refractivity contribution is 7.99. The fourth-order valence-electron chi connectivity index (χ4n) is 2.80. The number of benzene rings is 2. The third kappa shape index (κ3) is 4.83. The second-order valence-corrected chi connectivity index (χ2v) is 7.28. The molecule has 3 nitrogen and oxygen atoms in total. The summed E-state index contributed by atoms with van der Waals surface area (Å²) in [6.45, 7) is 8.74. The van der Waals surface area contributed by atoms with E-state index in [1.165, 1.54) is 28.5 Å². The van der Waals surface area contributed by atoms with Gasteiger partial charge in [-0.2, -0.15) is 0 Å². The molecule has 2 aromatic carbocycles. The van der Waals surface area contributed by atoms with Crippen molar-refractivity contribution in [3.8, 4) is 5.75 Å². The zero-order valence-electron chi connectivity index (χ0n) is 15.0. The number of aromatic nitrogens is 2. The van der Waals surface area contributed by atoms with Crippen molar-refractivity contribution in [1.82, 2.24) is 9.97 Å². The second kappa shape index (κ2) is 7.70. The summed E-state index contributed by atoms with van der Waals surface area (Å²) < 4.78 is 6.09. The third-order valence-corrected chi connectivity index (χ3v) is 4.61. The van der Waals surface area contributed by atoms with E-state index in [9.17, 15) is 0 Å². The molecule has 128 valence electrons. The van der Waals surface area contributed by atoms with Gasteiger partial charge in [-0.3, -0.25) is 0 Å². The van der Waals surface area contributed by atoms with Crippen molar-refractivity contribution >= 4 is 11.8 Å². The molecule has 0 saturated carbocycles. The second-order valence-electron chi connectivity index (χ2n) is 6.27. The van der Waals surface area contributed by atoms with E-state index < -0.39 is 0 Å². The molecule has 1 aromatic heterocycles. The van der Waals surface area contributed by atoms with Crippen LogP contribution in [0.4, 0.5) is 0 Å². The first-order chi connectivity index (χ1) is 12.0. The smallest absolute Gasteiger partial charge is 0.193 e. The van der Waals surface area contributed by atoms with Crippen LogP contribution >= 0.6 is 11.8 Å². The number of ether oxygens (including phenoxy) is 1. The van der Waals surface area contributed by atoms with Crippen LogP contribution in [0.3, 0.4) is 0 Å². The molecule has 0 N–H and O–H groups in total. The van der Waals surface area contributed by atoms with Gasteiger partial charge in [-0.1, -0.05) is 41.5 Å². The zero-order chi connectivity index (χ0) is 17.8. The molecule has 0 atom stereocenters. The lowest BCUT2D eigenvalue weighted by atomic mass is 10.1. The molecule has 0 aliphatic heterocycles. The molecule has 0 spiro atoms. The van der Waals surface area contributed by atoms with E-state index in [0.717, 1.165) is 27.2 Å². The predicted molar refractivity (Wildman–Crippen MR) is 102 cm³/mol. The monoisotopic (exact) mass is 350 g/mol. The molecule has 3 rings (SSSR count). The van der Waals surface area contributed by atoms with Crippen molar-refractivity contribution in [2.24, 2.45) is 0 Å². The quantitative estimate of drug-likeness (QED) is 0.574. The van der Waals surface area contributed by atoms with Crippen molar-refractivity contribution < 1.29 is 4.74 Å². The topological polar surface area (TPSA) is 35.0 Å². The Bertz CT molecular complexity index is 852. The maximum atomic E-state index is 6.09. The first-order valence-corrected chi connectivity index (χ1v) is 9.10. The van der Waals surface area contributed by atoms with E-state index in [2.05, 4.69) is 42.0 Å². The zero-order valence-corrected chi connectivity index (χ0v) is 15.9. The third-order valence-electron chi connectivity index (χ3n) is 3.69. The molecular weight excluding hydrogens is 328 g/mol. The van der Waals surface area contributed by atoms with E-state index in [1.54, 1.807) is 0 Å². The molecule has 0 unspecified atom stereocenters. The van der Waals surface area contributed by atoms with Crippen LogP contribution in [0, 0.1) is 27.7 Å². The van der Waals surface area contributed by atoms with Gasteiger partial charge in [0, 0.05) is 11.4 Å². The first kappa shape index (κ1) is 17.5. The number of para-hydroxylation sites is 1. The van der Waals surface area contributed by atoms with Crippen LogP contribution in [-0.4, -0.2) is 9.97 Å². The first-order valence-electron chi connectivity index (χ1n) is 8.29. The highest BCUT2D eigenvalue weighted by atomic mass is 32.2. The van der Waals surface area contributed by atoms with E-state index in [-0.39, 0.29) is 0 Å². The van der Waals surface area contributed by atoms with E-state index in [4.69, 9.17) is 4.74 Å². The molecule has 3 aromatic rings. The lowest BCUT2D eigenvalue weighted by Crippen LogP contribution is -1.98. The number of nitrogens with zero attached hydrogens (tertiary/aromatic N) is 2. The van der Waals surface area contributed by atoms with Crippen molar-refractivity contribution in [2.45, 2.75) is 44.4 Å². The largest absolute Gasteiger partial charge is 0.488 e. The van der Waals surface area contributed by atoms with E-state index in [0.29, 0.717) is 6.61 Å². The van der Waals surface area contributed by atoms with Crippen molar-refractivity contribution in [3.63, 3.8) is 0 Å². The van der Waals surface area contributed by atoms with Crippen LogP contribution in [0.25, 0.3) is 0 Å². The van der Waals surface area contributed by atoms with Crippen LogP contribution in [0.5, 0.6) is 5.75 Å².